The number of carbonyl (C=O) groups excluding carboxylic acids is 1. The van der Waals surface area contributed by atoms with Crippen LogP contribution in [0.25, 0.3) is 10.8 Å². The third kappa shape index (κ3) is 2.92. The Bertz CT molecular complexity index is 1190. The first kappa shape index (κ1) is 17.2. The summed E-state index contributed by atoms with van der Waals surface area (Å²) in [4.78, 5) is 15.4. The minimum Gasteiger partial charge on any atom is -0.307 e. The molecule has 0 N–H and O–H groups in total. The van der Waals surface area contributed by atoms with Crippen molar-refractivity contribution in [3.8, 4) is 0 Å². The summed E-state index contributed by atoms with van der Waals surface area (Å²) in [5.41, 5.74) is 4.23. The van der Waals surface area contributed by atoms with Crippen LogP contribution in [0.15, 0.2) is 95.5 Å². The van der Waals surface area contributed by atoms with Gasteiger partial charge < -0.3 is 4.90 Å². The molecule has 5 rings (SSSR count). The molecule has 0 fully saturated rings. The highest BCUT2D eigenvalue weighted by atomic mass is 79.9. The number of halogens is 1. The summed E-state index contributed by atoms with van der Waals surface area (Å²) in [6.45, 7) is 0.577. The van der Waals surface area contributed by atoms with E-state index in [-0.39, 0.29) is 11.8 Å². The number of carbonyl (C=O) groups is 1. The van der Waals surface area contributed by atoms with Crippen LogP contribution in [-0.4, -0.2) is 5.91 Å². The van der Waals surface area contributed by atoms with Gasteiger partial charge in [0.2, 0.25) is 5.91 Å². The van der Waals surface area contributed by atoms with Gasteiger partial charge in [-0.25, -0.2) is 0 Å². The maximum Gasteiger partial charge on any atom is 0.239 e. The maximum atomic E-state index is 13.5. The molecule has 136 valence electrons. The zero-order valence-corrected chi connectivity index (χ0v) is 16.8. The van der Waals surface area contributed by atoms with Gasteiger partial charge in [-0.1, -0.05) is 94.8 Å². The molecule has 1 heterocycles. The third-order valence-corrected chi connectivity index (χ3v) is 5.89. The van der Waals surface area contributed by atoms with Gasteiger partial charge in [0.15, 0.2) is 0 Å². The second-order valence-corrected chi connectivity index (χ2v) is 8.07. The van der Waals surface area contributed by atoms with Crippen LogP contribution in [0.2, 0.25) is 0 Å². The molecule has 0 bridgehead atoms. The van der Waals surface area contributed by atoms with Gasteiger partial charge in [0.25, 0.3) is 0 Å². The fourth-order valence-corrected chi connectivity index (χ4v) is 4.39. The van der Waals surface area contributed by atoms with Crippen molar-refractivity contribution in [3.63, 3.8) is 0 Å². The Morgan fingerprint density at radius 3 is 2.36 bits per heavy atom. The molecule has 0 saturated heterocycles. The van der Waals surface area contributed by atoms with Crippen LogP contribution in [0.5, 0.6) is 0 Å². The first-order valence-corrected chi connectivity index (χ1v) is 10.1. The minimum absolute atomic E-state index is 0.132. The molecule has 4 aromatic carbocycles. The summed E-state index contributed by atoms with van der Waals surface area (Å²) in [5, 5.41) is 2.35. The molecular weight excluding hydrogens is 410 g/mol. The van der Waals surface area contributed by atoms with Crippen LogP contribution >= 0.6 is 15.9 Å². The number of hydrogen-bond acceptors (Lipinski definition) is 1. The Balaban J connectivity index is 1.61. The lowest BCUT2D eigenvalue weighted by Crippen LogP contribution is -2.28. The van der Waals surface area contributed by atoms with Crippen molar-refractivity contribution in [2.75, 3.05) is 4.90 Å². The summed E-state index contributed by atoms with van der Waals surface area (Å²) >= 11 is 3.57. The second kappa shape index (κ2) is 6.92. The molecule has 1 amide bonds. The molecule has 1 aliphatic heterocycles. The molecule has 4 aromatic rings. The zero-order valence-electron chi connectivity index (χ0n) is 15.2. The van der Waals surface area contributed by atoms with Crippen molar-refractivity contribution in [2.45, 2.75) is 12.5 Å². The Labute approximate surface area is 172 Å². The third-order valence-electron chi connectivity index (χ3n) is 5.40. The lowest BCUT2D eigenvalue weighted by Gasteiger charge is -2.18. The first-order valence-electron chi connectivity index (χ1n) is 9.34. The van der Waals surface area contributed by atoms with Gasteiger partial charge in [-0.3, -0.25) is 4.79 Å². The van der Waals surface area contributed by atoms with Crippen molar-refractivity contribution < 1.29 is 4.79 Å². The fourth-order valence-electron chi connectivity index (χ4n) is 4.04. The van der Waals surface area contributed by atoms with E-state index in [1.165, 1.54) is 5.39 Å². The van der Waals surface area contributed by atoms with Gasteiger partial charge in [0.1, 0.15) is 0 Å². The normalized spacial score (nSPS) is 15.8. The van der Waals surface area contributed by atoms with Crippen molar-refractivity contribution in [1.82, 2.24) is 0 Å². The fraction of sp³-hybridized carbons (Fsp3) is 0.0800. The van der Waals surface area contributed by atoms with Crippen LogP contribution < -0.4 is 4.90 Å². The summed E-state index contributed by atoms with van der Waals surface area (Å²) in [7, 11) is 0. The predicted octanol–water partition coefficient (Wildman–Crippen LogP) is 6.28. The van der Waals surface area contributed by atoms with Crippen LogP contribution in [0.4, 0.5) is 5.69 Å². The molecule has 1 aliphatic rings. The number of amides is 1. The van der Waals surface area contributed by atoms with Crippen LogP contribution in [0.1, 0.15) is 22.6 Å². The molecule has 0 radical (unpaired) electrons. The largest absolute Gasteiger partial charge is 0.307 e. The number of nitrogens with zero attached hydrogens (tertiary/aromatic N) is 1. The molecule has 2 nitrogen and oxygen atoms in total. The average molecular weight is 428 g/mol. The SMILES string of the molecule is O=C1C(c2ccc3ccccc3c2)c2ccc(Br)cc2N1Cc1ccccc1. The topological polar surface area (TPSA) is 20.3 Å². The monoisotopic (exact) mass is 427 g/mol. The summed E-state index contributed by atoms with van der Waals surface area (Å²) in [6.07, 6.45) is 0. The second-order valence-electron chi connectivity index (χ2n) is 7.15. The highest BCUT2D eigenvalue weighted by Gasteiger charge is 2.38. The van der Waals surface area contributed by atoms with Gasteiger partial charge >= 0.3 is 0 Å². The quantitative estimate of drug-likeness (QED) is 0.376. The Morgan fingerprint density at radius 1 is 0.786 bits per heavy atom. The van der Waals surface area contributed by atoms with Crippen molar-refractivity contribution in [1.29, 1.82) is 0 Å². The van der Waals surface area contributed by atoms with E-state index >= 15 is 0 Å². The number of fused-ring (bicyclic) bond motifs is 2. The molecule has 28 heavy (non-hydrogen) atoms. The van der Waals surface area contributed by atoms with E-state index in [0.29, 0.717) is 6.54 Å². The van der Waals surface area contributed by atoms with Crippen molar-refractivity contribution in [3.05, 3.63) is 112 Å². The summed E-state index contributed by atoms with van der Waals surface area (Å²) in [5.74, 6) is -0.136. The standard InChI is InChI=1S/C25H18BrNO/c26-21-12-13-22-23(15-21)27(16-17-6-2-1-3-7-17)25(28)24(22)20-11-10-18-8-4-5-9-19(18)14-20/h1-15,24H,16H2. The molecule has 0 saturated carbocycles. The van der Waals surface area contributed by atoms with Crippen molar-refractivity contribution >= 4 is 38.3 Å². The van der Waals surface area contributed by atoms with Gasteiger partial charge in [0.05, 0.1) is 12.5 Å². The predicted molar refractivity (Wildman–Crippen MR) is 118 cm³/mol. The van der Waals surface area contributed by atoms with E-state index in [0.717, 1.165) is 32.2 Å². The van der Waals surface area contributed by atoms with E-state index < -0.39 is 0 Å². The van der Waals surface area contributed by atoms with Gasteiger partial charge in [-0.15, -0.1) is 0 Å². The van der Waals surface area contributed by atoms with E-state index in [1.54, 1.807) is 0 Å². The van der Waals surface area contributed by atoms with Crippen LogP contribution in [0.3, 0.4) is 0 Å². The first-order chi connectivity index (χ1) is 13.7. The maximum absolute atomic E-state index is 13.5. The van der Waals surface area contributed by atoms with Crippen molar-refractivity contribution in [2.24, 2.45) is 0 Å². The molecule has 1 atom stereocenters. The molecule has 0 aromatic heterocycles. The van der Waals surface area contributed by atoms with Crippen LogP contribution in [0, 0.1) is 0 Å². The van der Waals surface area contributed by atoms with Gasteiger partial charge in [-0.2, -0.15) is 0 Å². The summed E-state index contributed by atoms with van der Waals surface area (Å²) in [6, 6.07) is 30.9. The van der Waals surface area contributed by atoms with Gasteiger partial charge in [0, 0.05) is 10.2 Å². The molecular formula is C25H18BrNO. The zero-order chi connectivity index (χ0) is 19.1. The van der Waals surface area contributed by atoms with Crippen LogP contribution in [-0.2, 0) is 11.3 Å². The van der Waals surface area contributed by atoms with E-state index in [2.05, 4.69) is 70.5 Å². The minimum atomic E-state index is -0.267. The molecule has 1 unspecified atom stereocenters. The lowest BCUT2D eigenvalue weighted by molar-refractivity contribution is -0.118. The van der Waals surface area contributed by atoms with E-state index in [1.807, 2.05) is 41.3 Å². The Morgan fingerprint density at radius 2 is 1.54 bits per heavy atom. The highest BCUT2D eigenvalue weighted by Crippen LogP contribution is 2.43. The lowest BCUT2D eigenvalue weighted by atomic mass is 9.91. The molecule has 0 aliphatic carbocycles. The smallest absolute Gasteiger partial charge is 0.239 e. The average Bonchev–Trinajstić information content (AvgIpc) is 2.99. The van der Waals surface area contributed by atoms with E-state index in [4.69, 9.17) is 0 Å². The number of hydrogen-bond donors (Lipinski definition) is 0. The highest BCUT2D eigenvalue weighted by molar-refractivity contribution is 9.10. The number of anilines is 1. The van der Waals surface area contributed by atoms with E-state index in [9.17, 15) is 4.79 Å². The Kier molecular flexibility index (Phi) is 4.25. The molecule has 3 heteroatoms. The number of rotatable bonds is 3. The van der Waals surface area contributed by atoms with Gasteiger partial charge in [-0.05, 0) is 39.6 Å². The molecule has 0 spiro atoms. The number of benzene rings is 4. The Hall–Kier alpha value is -2.91. The summed E-state index contributed by atoms with van der Waals surface area (Å²) < 4.78 is 0.983.